The van der Waals surface area contributed by atoms with Crippen LogP contribution in [0.5, 0.6) is 0 Å². The quantitative estimate of drug-likeness (QED) is 0.548. The molecule has 0 atom stereocenters. The minimum absolute atomic E-state index is 0.871. The lowest BCUT2D eigenvalue weighted by molar-refractivity contribution is 0.851. The second-order valence-corrected chi connectivity index (χ2v) is 2.99. The van der Waals surface area contributed by atoms with Crippen LogP contribution in [0, 0.1) is 5.92 Å². The Bertz CT molecular complexity index is 188. The molecule has 0 aliphatic heterocycles. The van der Waals surface area contributed by atoms with Crippen LogP contribution in [-0.4, -0.2) is 19.5 Å². The van der Waals surface area contributed by atoms with Crippen LogP contribution in [0.25, 0.3) is 0 Å². The maximum Gasteiger partial charge on any atom is 0.0417 e. The first-order valence-electron chi connectivity index (χ1n) is 3.95. The Morgan fingerprint density at radius 1 is 1.64 bits per heavy atom. The molecule has 0 N–H and O–H groups in total. The van der Waals surface area contributed by atoms with Crippen LogP contribution in [-0.2, 0) is 0 Å². The van der Waals surface area contributed by atoms with Crippen molar-refractivity contribution in [1.82, 2.24) is 0 Å². The van der Waals surface area contributed by atoms with Gasteiger partial charge in [-0.2, -0.15) is 0 Å². The largest absolute Gasteiger partial charge is 0.293 e. The summed E-state index contributed by atoms with van der Waals surface area (Å²) in [5.74, 6) is 0.871. The van der Waals surface area contributed by atoms with Gasteiger partial charge in [0.05, 0.1) is 0 Å². The number of nitrogens with zero attached hydrogens (tertiary/aromatic N) is 2. The van der Waals surface area contributed by atoms with Gasteiger partial charge in [0.15, 0.2) is 0 Å². The molecule has 0 aromatic carbocycles. The highest BCUT2D eigenvalue weighted by molar-refractivity contribution is 5.77. The average Bonchev–Trinajstić information content (AvgIpc) is 2.72. The summed E-state index contributed by atoms with van der Waals surface area (Å²) in [6.45, 7) is 6.33. The van der Waals surface area contributed by atoms with E-state index in [1.807, 2.05) is 13.1 Å². The Hall–Kier alpha value is -0.920. The lowest BCUT2D eigenvalue weighted by Crippen LogP contribution is -1.84. The van der Waals surface area contributed by atoms with Gasteiger partial charge in [-0.3, -0.25) is 9.98 Å². The van der Waals surface area contributed by atoms with Crippen molar-refractivity contribution in [3.8, 4) is 0 Å². The summed E-state index contributed by atoms with van der Waals surface area (Å²) in [5, 5.41) is 0. The number of hydrogen-bond donors (Lipinski definition) is 0. The van der Waals surface area contributed by atoms with E-state index in [-0.39, 0.29) is 0 Å². The van der Waals surface area contributed by atoms with Gasteiger partial charge < -0.3 is 0 Å². The second-order valence-electron chi connectivity index (χ2n) is 2.99. The van der Waals surface area contributed by atoms with E-state index in [2.05, 4.69) is 16.7 Å². The fourth-order valence-electron chi connectivity index (χ4n) is 0.824. The molecule has 0 aromatic rings. The lowest BCUT2D eigenvalue weighted by atomic mass is 10.3. The average molecular weight is 150 g/mol. The van der Waals surface area contributed by atoms with Crippen LogP contribution < -0.4 is 0 Å². The van der Waals surface area contributed by atoms with E-state index in [4.69, 9.17) is 0 Å². The molecule has 1 fully saturated rings. The van der Waals surface area contributed by atoms with E-state index in [1.54, 1.807) is 6.20 Å². The molecule has 0 heterocycles. The molecule has 1 aliphatic rings. The van der Waals surface area contributed by atoms with Gasteiger partial charge in [-0.15, -0.1) is 0 Å². The Kier molecular flexibility index (Phi) is 3.02. The van der Waals surface area contributed by atoms with Crippen LogP contribution >= 0.6 is 0 Å². The van der Waals surface area contributed by atoms with E-state index in [0.717, 1.165) is 18.0 Å². The molecule has 0 aromatic heterocycles. The first-order chi connectivity index (χ1) is 5.33. The number of rotatable bonds is 4. The van der Waals surface area contributed by atoms with E-state index in [0.29, 0.717) is 0 Å². The molecule has 1 aliphatic carbocycles. The van der Waals surface area contributed by atoms with Crippen molar-refractivity contribution in [1.29, 1.82) is 0 Å². The second kappa shape index (κ2) is 4.06. The Labute approximate surface area is 67.8 Å². The van der Waals surface area contributed by atoms with Gasteiger partial charge in [-0.25, -0.2) is 0 Å². The maximum absolute atomic E-state index is 4.27. The van der Waals surface area contributed by atoms with E-state index < -0.39 is 0 Å². The third-order valence-electron chi connectivity index (χ3n) is 1.65. The monoisotopic (exact) mass is 150 g/mol. The van der Waals surface area contributed by atoms with Crippen LogP contribution in [0.4, 0.5) is 0 Å². The zero-order chi connectivity index (χ0) is 8.10. The number of aliphatic imine (C=N–C) groups is 2. The van der Waals surface area contributed by atoms with Crippen molar-refractivity contribution < 1.29 is 0 Å². The number of allylic oxidation sites excluding steroid dienone is 1. The standard InChI is InChI=1S/C9H14N2/c1-8(5-10-2)6-11-7-9-3-4-9/h5-6,9H,2-4,7H2,1H3/b8-5-,11-6-. The summed E-state index contributed by atoms with van der Waals surface area (Å²) in [4.78, 5) is 7.92. The fourth-order valence-corrected chi connectivity index (χ4v) is 0.824. The van der Waals surface area contributed by atoms with Gasteiger partial charge in [-0.1, -0.05) is 0 Å². The molecule has 0 unspecified atom stereocenters. The van der Waals surface area contributed by atoms with Gasteiger partial charge in [0.1, 0.15) is 0 Å². The Balaban J connectivity index is 2.20. The van der Waals surface area contributed by atoms with Crippen LogP contribution in [0.2, 0.25) is 0 Å². The highest BCUT2D eigenvalue weighted by Crippen LogP contribution is 2.28. The molecule has 60 valence electrons. The third kappa shape index (κ3) is 3.71. The van der Waals surface area contributed by atoms with E-state index >= 15 is 0 Å². The van der Waals surface area contributed by atoms with Crippen molar-refractivity contribution >= 4 is 12.9 Å². The summed E-state index contributed by atoms with van der Waals surface area (Å²) in [7, 11) is 0. The molecule has 2 heteroatoms. The zero-order valence-electron chi connectivity index (χ0n) is 6.95. The smallest absolute Gasteiger partial charge is 0.0417 e. The van der Waals surface area contributed by atoms with Crippen molar-refractivity contribution in [2.24, 2.45) is 15.9 Å². The van der Waals surface area contributed by atoms with Crippen molar-refractivity contribution in [2.45, 2.75) is 19.8 Å². The molecule has 0 radical (unpaired) electrons. The highest BCUT2D eigenvalue weighted by atomic mass is 14.7. The van der Waals surface area contributed by atoms with Crippen LogP contribution in [0.3, 0.4) is 0 Å². The molecule has 0 bridgehead atoms. The lowest BCUT2D eigenvalue weighted by Gasteiger charge is -1.88. The molecular weight excluding hydrogens is 136 g/mol. The van der Waals surface area contributed by atoms with Gasteiger partial charge in [0.2, 0.25) is 0 Å². The van der Waals surface area contributed by atoms with Crippen molar-refractivity contribution in [3.05, 3.63) is 11.8 Å². The number of hydrogen-bond acceptors (Lipinski definition) is 2. The Morgan fingerprint density at radius 2 is 2.36 bits per heavy atom. The third-order valence-corrected chi connectivity index (χ3v) is 1.65. The van der Waals surface area contributed by atoms with E-state index in [1.165, 1.54) is 12.8 Å². The molecule has 0 amide bonds. The van der Waals surface area contributed by atoms with Gasteiger partial charge >= 0.3 is 0 Å². The molecule has 0 spiro atoms. The van der Waals surface area contributed by atoms with Gasteiger partial charge in [-0.05, 0) is 38.0 Å². The molecule has 1 rings (SSSR count). The summed E-state index contributed by atoms with van der Waals surface area (Å²) in [6, 6.07) is 0. The zero-order valence-corrected chi connectivity index (χ0v) is 6.95. The summed E-state index contributed by atoms with van der Waals surface area (Å²) in [6.07, 6.45) is 6.31. The molecule has 2 nitrogen and oxygen atoms in total. The summed E-state index contributed by atoms with van der Waals surface area (Å²) < 4.78 is 0. The van der Waals surface area contributed by atoms with Crippen LogP contribution in [0.1, 0.15) is 19.8 Å². The minimum Gasteiger partial charge on any atom is -0.293 e. The molecule has 0 saturated heterocycles. The Morgan fingerprint density at radius 3 is 2.91 bits per heavy atom. The van der Waals surface area contributed by atoms with Gasteiger partial charge in [0, 0.05) is 19.0 Å². The normalized spacial score (nSPS) is 19.2. The van der Waals surface area contributed by atoms with Crippen molar-refractivity contribution in [3.63, 3.8) is 0 Å². The summed E-state index contributed by atoms with van der Waals surface area (Å²) >= 11 is 0. The molecule has 11 heavy (non-hydrogen) atoms. The minimum atomic E-state index is 0.871. The molecular formula is C9H14N2. The van der Waals surface area contributed by atoms with Crippen molar-refractivity contribution in [2.75, 3.05) is 6.54 Å². The SMILES string of the molecule is C=N/C=C(C)\C=N/CC1CC1. The first kappa shape index (κ1) is 8.18. The van der Waals surface area contributed by atoms with E-state index in [9.17, 15) is 0 Å². The maximum atomic E-state index is 4.27. The fraction of sp³-hybridized carbons (Fsp3) is 0.556. The first-order valence-corrected chi connectivity index (χ1v) is 3.95. The van der Waals surface area contributed by atoms with Gasteiger partial charge in [0.25, 0.3) is 0 Å². The highest BCUT2D eigenvalue weighted by Gasteiger charge is 2.19. The summed E-state index contributed by atoms with van der Waals surface area (Å²) in [5.41, 5.74) is 1.07. The predicted octanol–water partition coefficient (Wildman–Crippen LogP) is 2.07. The topological polar surface area (TPSA) is 24.7 Å². The molecule has 1 saturated carbocycles. The predicted molar refractivity (Wildman–Crippen MR) is 49.4 cm³/mol. The van der Waals surface area contributed by atoms with Crippen LogP contribution in [0.15, 0.2) is 21.8 Å².